The van der Waals surface area contributed by atoms with Gasteiger partial charge in [-0.25, -0.2) is 0 Å². The average molecular weight is 190 g/mol. The molecule has 2 bridgehead atoms. The van der Waals surface area contributed by atoms with Crippen LogP contribution in [-0.4, -0.2) is 0 Å². The number of hydrogen-bond donors (Lipinski definition) is 0. The van der Waals surface area contributed by atoms with Gasteiger partial charge < -0.3 is 0 Å². The molecule has 0 aliphatic heterocycles. The van der Waals surface area contributed by atoms with Crippen molar-refractivity contribution in [3.05, 3.63) is 0 Å². The Morgan fingerprint density at radius 2 is 1.57 bits per heavy atom. The lowest BCUT2D eigenvalue weighted by atomic mass is 9.85. The van der Waals surface area contributed by atoms with E-state index >= 15 is 0 Å². The molecule has 0 N–H and O–H groups in total. The minimum absolute atomic E-state index is 0.685. The van der Waals surface area contributed by atoms with Crippen molar-refractivity contribution in [2.24, 2.45) is 39.4 Å². The van der Waals surface area contributed by atoms with Crippen LogP contribution in [0.5, 0.6) is 0 Å². The van der Waals surface area contributed by atoms with Crippen LogP contribution in [0.15, 0.2) is 0 Å². The molecule has 5 unspecified atom stereocenters. The highest BCUT2D eigenvalue weighted by atomic mass is 15.0. The summed E-state index contributed by atoms with van der Waals surface area (Å²) in [5, 5.41) is 0. The van der Waals surface area contributed by atoms with Gasteiger partial charge in [0, 0.05) is 0 Å². The number of fused-ring (bicyclic) bond motifs is 1. The zero-order chi connectivity index (χ0) is 10.1. The van der Waals surface area contributed by atoms with E-state index in [-0.39, 0.29) is 0 Å². The molecule has 0 heteroatoms. The van der Waals surface area contributed by atoms with Crippen LogP contribution in [0, 0.1) is 39.4 Å². The molecule has 0 saturated heterocycles. The highest BCUT2D eigenvalue weighted by molar-refractivity contribution is 5.43. The van der Waals surface area contributed by atoms with Crippen molar-refractivity contribution in [3.63, 3.8) is 0 Å². The van der Waals surface area contributed by atoms with Gasteiger partial charge in [0.2, 0.25) is 0 Å². The third-order valence-electron chi connectivity index (χ3n) is 7.51. The fraction of sp³-hybridized carbons (Fsp3) is 1.00. The van der Waals surface area contributed by atoms with E-state index in [1.165, 1.54) is 0 Å². The second kappa shape index (κ2) is 1.53. The van der Waals surface area contributed by atoms with E-state index < -0.39 is 0 Å². The predicted molar refractivity (Wildman–Crippen MR) is 57.8 cm³/mol. The molecule has 4 fully saturated rings. The van der Waals surface area contributed by atoms with Crippen molar-refractivity contribution >= 4 is 0 Å². The van der Waals surface area contributed by atoms with E-state index in [2.05, 4.69) is 34.6 Å². The maximum Gasteiger partial charge on any atom is -0.0175 e. The van der Waals surface area contributed by atoms with Crippen molar-refractivity contribution in [1.29, 1.82) is 0 Å². The first kappa shape index (κ1) is 8.19. The molecule has 2 spiro atoms. The van der Waals surface area contributed by atoms with E-state index in [1.807, 2.05) is 0 Å². The molecule has 0 amide bonds. The third-order valence-corrected chi connectivity index (χ3v) is 7.51. The monoisotopic (exact) mass is 190 g/mol. The van der Waals surface area contributed by atoms with Gasteiger partial charge >= 0.3 is 0 Å². The van der Waals surface area contributed by atoms with Gasteiger partial charge in [-0.05, 0) is 52.3 Å². The first-order chi connectivity index (χ1) is 6.32. The van der Waals surface area contributed by atoms with E-state index in [0.29, 0.717) is 10.8 Å². The molecule has 5 atom stereocenters. The van der Waals surface area contributed by atoms with Gasteiger partial charge in [-0.1, -0.05) is 34.6 Å². The fourth-order valence-corrected chi connectivity index (χ4v) is 6.87. The van der Waals surface area contributed by atoms with Crippen LogP contribution in [0.4, 0.5) is 0 Å². The van der Waals surface area contributed by atoms with Crippen molar-refractivity contribution in [2.45, 2.75) is 47.5 Å². The summed E-state index contributed by atoms with van der Waals surface area (Å²) in [7, 11) is 0. The van der Waals surface area contributed by atoms with Gasteiger partial charge in [0.25, 0.3) is 0 Å². The Hall–Kier alpha value is 0. The highest BCUT2D eigenvalue weighted by Crippen LogP contribution is 3.01. The second-order valence-electron chi connectivity index (χ2n) is 7.88. The molecular formula is C14H22. The molecule has 78 valence electrons. The van der Waals surface area contributed by atoms with Crippen LogP contribution >= 0.6 is 0 Å². The van der Waals surface area contributed by atoms with Gasteiger partial charge in [0.05, 0.1) is 0 Å². The van der Waals surface area contributed by atoms with Gasteiger partial charge in [-0.15, -0.1) is 0 Å². The van der Waals surface area contributed by atoms with Crippen LogP contribution in [0.1, 0.15) is 47.5 Å². The third kappa shape index (κ3) is 0.417. The Balaban J connectivity index is 1.89. The molecule has 4 aliphatic carbocycles. The van der Waals surface area contributed by atoms with Crippen molar-refractivity contribution < 1.29 is 0 Å². The minimum Gasteiger partial charge on any atom is -0.0619 e. The van der Waals surface area contributed by atoms with Crippen LogP contribution in [-0.2, 0) is 0 Å². The molecule has 0 aromatic carbocycles. The molecule has 4 rings (SSSR count). The zero-order valence-electron chi connectivity index (χ0n) is 10.1. The van der Waals surface area contributed by atoms with Crippen LogP contribution in [0.25, 0.3) is 0 Å². The zero-order valence-corrected chi connectivity index (χ0v) is 10.1. The summed E-state index contributed by atoms with van der Waals surface area (Å²) in [5.74, 6) is 3.20. The van der Waals surface area contributed by atoms with E-state index in [4.69, 9.17) is 0 Å². The van der Waals surface area contributed by atoms with Gasteiger partial charge in [-0.2, -0.15) is 0 Å². The summed E-state index contributed by atoms with van der Waals surface area (Å²) in [4.78, 5) is 0. The van der Waals surface area contributed by atoms with Crippen LogP contribution in [0.3, 0.4) is 0 Å². The summed E-state index contributed by atoms with van der Waals surface area (Å²) in [6.45, 7) is 12.7. The molecule has 0 heterocycles. The molecule has 14 heavy (non-hydrogen) atoms. The molecule has 0 radical (unpaired) electrons. The first-order valence-electron chi connectivity index (χ1n) is 6.32. The molecule has 0 aromatic heterocycles. The Morgan fingerprint density at radius 1 is 0.929 bits per heavy atom. The minimum atomic E-state index is 0.685. The SMILES string of the molecule is CC1CC23CC14C(C2C3(C)C)C4(C)C. The number of rotatable bonds is 0. The lowest BCUT2D eigenvalue weighted by Crippen LogP contribution is -2.12. The molecule has 0 nitrogen and oxygen atoms in total. The summed E-state index contributed by atoms with van der Waals surface area (Å²) >= 11 is 0. The summed E-state index contributed by atoms with van der Waals surface area (Å²) in [6.07, 6.45) is 3.13. The van der Waals surface area contributed by atoms with Crippen LogP contribution in [0.2, 0.25) is 0 Å². The first-order valence-corrected chi connectivity index (χ1v) is 6.32. The van der Waals surface area contributed by atoms with Crippen molar-refractivity contribution in [2.75, 3.05) is 0 Å². The normalized spacial score (nSPS) is 68.8. The van der Waals surface area contributed by atoms with Crippen LogP contribution < -0.4 is 0 Å². The lowest BCUT2D eigenvalue weighted by molar-refractivity contribution is 0.293. The summed E-state index contributed by atoms with van der Waals surface area (Å²) < 4.78 is 0. The maximum atomic E-state index is 2.54. The van der Waals surface area contributed by atoms with Gasteiger partial charge in [-0.3, -0.25) is 0 Å². The summed E-state index contributed by atoms with van der Waals surface area (Å²) in [5.41, 5.74) is 2.99. The quantitative estimate of drug-likeness (QED) is 0.546. The molecule has 4 saturated carbocycles. The number of hydrogen-bond acceptors (Lipinski definition) is 0. The molecule has 0 aromatic rings. The van der Waals surface area contributed by atoms with Gasteiger partial charge in [0.1, 0.15) is 0 Å². The predicted octanol–water partition coefficient (Wildman–Crippen LogP) is 3.71. The standard InChI is InChI=1S/C14H22/c1-8-6-13-7-14(8)10(12(14,4)5)9(13)11(13,2)3/h8-10H,6-7H2,1-5H3. The van der Waals surface area contributed by atoms with Crippen molar-refractivity contribution in [3.8, 4) is 0 Å². The van der Waals surface area contributed by atoms with Crippen molar-refractivity contribution in [1.82, 2.24) is 0 Å². The van der Waals surface area contributed by atoms with E-state index in [1.54, 1.807) is 12.8 Å². The molecule has 4 aliphatic rings. The second-order valence-corrected chi connectivity index (χ2v) is 7.88. The largest absolute Gasteiger partial charge is 0.0619 e. The average Bonchev–Trinajstić information content (AvgIpc) is 2.59. The Kier molecular flexibility index (Phi) is 0.894. The highest BCUT2D eigenvalue weighted by Gasteiger charge is 2.96. The van der Waals surface area contributed by atoms with Gasteiger partial charge in [0.15, 0.2) is 0 Å². The lowest BCUT2D eigenvalue weighted by Gasteiger charge is -2.19. The van der Waals surface area contributed by atoms with E-state index in [9.17, 15) is 0 Å². The maximum absolute atomic E-state index is 2.54. The van der Waals surface area contributed by atoms with E-state index in [0.717, 1.165) is 28.6 Å². The Labute approximate surface area is 87.5 Å². The Bertz CT molecular complexity index is 351. The fourth-order valence-electron chi connectivity index (χ4n) is 6.87. The Morgan fingerprint density at radius 3 is 2.14 bits per heavy atom. The molecular weight excluding hydrogens is 168 g/mol. The smallest absolute Gasteiger partial charge is 0.0175 e. The topological polar surface area (TPSA) is 0 Å². The summed E-state index contributed by atoms with van der Waals surface area (Å²) in [6, 6.07) is 0.